The summed E-state index contributed by atoms with van der Waals surface area (Å²) in [5, 5.41) is 3.28. The van der Waals surface area contributed by atoms with Crippen LogP contribution >= 0.6 is 0 Å². The Morgan fingerprint density at radius 3 is 1.95 bits per heavy atom. The Bertz CT molecular complexity index is 1480. The lowest BCUT2D eigenvalue weighted by molar-refractivity contribution is 0.151. The van der Waals surface area contributed by atoms with Crippen LogP contribution in [0.2, 0.25) is 0 Å². The molecule has 42 heavy (non-hydrogen) atoms. The zero-order chi connectivity index (χ0) is 28.9. The number of piperazine rings is 1. The van der Waals surface area contributed by atoms with Gasteiger partial charge in [0, 0.05) is 51.9 Å². The number of fused-ring (bicyclic) bond motifs is 1. The van der Waals surface area contributed by atoms with Crippen LogP contribution in [-0.2, 0) is 6.54 Å². The van der Waals surface area contributed by atoms with Gasteiger partial charge in [0.15, 0.2) is 0 Å². The average molecular weight is 567 g/mol. The predicted molar refractivity (Wildman–Crippen MR) is 168 cm³/mol. The summed E-state index contributed by atoms with van der Waals surface area (Å²) in [6.07, 6.45) is 2.47. The molecule has 3 heterocycles. The Morgan fingerprint density at radius 1 is 0.762 bits per heavy atom. The van der Waals surface area contributed by atoms with Gasteiger partial charge in [-0.05, 0) is 56.1 Å². The number of aromatic nitrogens is 2. The highest BCUT2D eigenvalue weighted by molar-refractivity contribution is 5.77. The maximum atomic E-state index is 13.8. The maximum absolute atomic E-state index is 13.8. The number of carbonyl (C=O) groups is 1. The van der Waals surface area contributed by atoms with Gasteiger partial charge in [-0.2, -0.15) is 0 Å². The Balaban J connectivity index is 1.12. The van der Waals surface area contributed by atoms with Crippen LogP contribution in [0, 0.1) is 0 Å². The first-order chi connectivity index (χ1) is 20.6. The van der Waals surface area contributed by atoms with Crippen molar-refractivity contribution in [3.8, 4) is 0 Å². The summed E-state index contributed by atoms with van der Waals surface area (Å²) in [6.45, 7) is 7.36. The molecule has 2 aliphatic heterocycles. The maximum Gasteiger partial charge on any atom is 0.329 e. The minimum atomic E-state index is -0.218. The van der Waals surface area contributed by atoms with Gasteiger partial charge in [-0.3, -0.25) is 9.13 Å². The van der Waals surface area contributed by atoms with Crippen LogP contribution in [0.3, 0.4) is 0 Å². The van der Waals surface area contributed by atoms with Crippen LogP contribution in [0.5, 0.6) is 0 Å². The lowest BCUT2D eigenvalue weighted by Gasteiger charge is -2.34. The highest BCUT2D eigenvalue weighted by Gasteiger charge is 2.29. The number of nitrogens with one attached hydrogen (secondary N) is 1. The van der Waals surface area contributed by atoms with Crippen molar-refractivity contribution in [1.82, 2.24) is 29.2 Å². The number of benzene rings is 3. The van der Waals surface area contributed by atoms with Gasteiger partial charge in [0.05, 0.1) is 17.1 Å². The van der Waals surface area contributed by atoms with Crippen LogP contribution < -0.4 is 11.0 Å². The number of hydrogen-bond acceptors (Lipinski definition) is 4. The summed E-state index contributed by atoms with van der Waals surface area (Å²) in [6, 6.07) is 28.2. The van der Waals surface area contributed by atoms with Gasteiger partial charge >= 0.3 is 11.7 Å². The predicted octanol–water partition coefficient (Wildman–Crippen LogP) is 4.58. The van der Waals surface area contributed by atoms with Crippen molar-refractivity contribution in [2.24, 2.45) is 0 Å². The zero-order valence-corrected chi connectivity index (χ0v) is 24.6. The van der Waals surface area contributed by atoms with Crippen LogP contribution in [0.15, 0.2) is 89.7 Å². The van der Waals surface area contributed by atoms with Crippen molar-refractivity contribution in [3.05, 3.63) is 107 Å². The van der Waals surface area contributed by atoms with Crippen molar-refractivity contribution in [2.45, 2.75) is 37.9 Å². The van der Waals surface area contributed by atoms with Crippen molar-refractivity contribution in [3.63, 3.8) is 0 Å². The standard InChI is InChI=1S/C34H42N6O2/c1-36-23-25-37(26-24-36)19-10-20-39-30-15-8-9-16-31(30)40(34(39)42)29-17-21-38(22-18-29)33(41)35-32(27-11-4-2-5-12-27)28-13-6-3-7-14-28/h2-9,11-16,29,32H,10,17-26H2,1H3,(H,35,41). The monoisotopic (exact) mass is 566 g/mol. The van der Waals surface area contributed by atoms with Crippen molar-refractivity contribution >= 4 is 17.1 Å². The number of hydrogen-bond donors (Lipinski definition) is 1. The molecule has 220 valence electrons. The highest BCUT2D eigenvalue weighted by Crippen LogP contribution is 2.27. The van der Waals surface area contributed by atoms with Crippen LogP contribution in [0.1, 0.15) is 42.5 Å². The van der Waals surface area contributed by atoms with E-state index in [1.165, 1.54) is 0 Å². The van der Waals surface area contributed by atoms with E-state index >= 15 is 0 Å². The van der Waals surface area contributed by atoms with Gasteiger partial charge in [-0.15, -0.1) is 0 Å². The Hall–Kier alpha value is -3.88. The first-order valence-electron chi connectivity index (χ1n) is 15.3. The lowest BCUT2D eigenvalue weighted by Crippen LogP contribution is -2.46. The van der Waals surface area contributed by atoms with Crippen LogP contribution in [-0.4, -0.2) is 82.7 Å². The molecule has 0 spiro atoms. The average Bonchev–Trinajstić information content (AvgIpc) is 3.32. The molecule has 0 unspecified atom stereocenters. The van der Waals surface area contributed by atoms with Gasteiger partial charge < -0.3 is 20.0 Å². The molecule has 1 aromatic heterocycles. The number of amides is 2. The summed E-state index contributed by atoms with van der Waals surface area (Å²) >= 11 is 0. The molecular formula is C34H42N6O2. The molecule has 6 rings (SSSR count). The molecule has 4 aromatic rings. The lowest BCUT2D eigenvalue weighted by atomic mass is 9.99. The number of piperidine rings is 1. The fourth-order valence-corrected chi connectivity index (χ4v) is 6.52. The Labute approximate surface area is 248 Å². The topological polar surface area (TPSA) is 65.8 Å². The first kappa shape index (κ1) is 28.2. The van der Waals surface area contributed by atoms with Crippen molar-refractivity contribution in [1.29, 1.82) is 0 Å². The number of likely N-dealkylation sites (N-methyl/N-ethyl adjacent to an activating group) is 1. The second kappa shape index (κ2) is 13.0. The van der Waals surface area contributed by atoms with E-state index in [1.807, 2.05) is 62.6 Å². The number of imidazole rings is 1. The second-order valence-electron chi connectivity index (χ2n) is 11.7. The van der Waals surface area contributed by atoms with Gasteiger partial charge in [-0.25, -0.2) is 9.59 Å². The van der Waals surface area contributed by atoms with E-state index in [0.717, 1.165) is 80.7 Å². The molecule has 0 saturated carbocycles. The van der Waals surface area contributed by atoms with Gasteiger partial charge in [-0.1, -0.05) is 72.8 Å². The third kappa shape index (κ3) is 6.15. The first-order valence-corrected chi connectivity index (χ1v) is 15.3. The molecular weight excluding hydrogens is 524 g/mol. The molecule has 2 saturated heterocycles. The van der Waals surface area contributed by atoms with Gasteiger partial charge in [0.25, 0.3) is 0 Å². The molecule has 0 atom stereocenters. The SMILES string of the molecule is CN1CCN(CCCn2c(=O)n(C3CCN(C(=O)NC(c4ccccc4)c4ccccc4)CC3)c3ccccc32)CC1. The van der Waals surface area contributed by atoms with Crippen LogP contribution in [0.25, 0.3) is 11.0 Å². The third-order valence-corrected chi connectivity index (χ3v) is 8.97. The van der Waals surface area contributed by atoms with E-state index in [4.69, 9.17) is 0 Å². The van der Waals surface area contributed by atoms with E-state index in [-0.39, 0.29) is 23.8 Å². The molecule has 0 radical (unpaired) electrons. The fraction of sp³-hybridized carbons (Fsp3) is 0.412. The third-order valence-electron chi connectivity index (χ3n) is 8.97. The molecule has 2 aliphatic rings. The number of urea groups is 1. The van der Waals surface area contributed by atoms with Crippen molar-refractivity contribution < 1.29 is 4.79 Å². The van der Waals surface area contributed by atoms with E-state index in [2.05, 4.69) is 58.6 Å². The quantitative estimate of drug-likeness (QED) is 0.339. The summed E-state index contributed by atoms with van der Waals surface area (Å²) in [7, 11) is 2.18. The molecule has 0 bridgehead atoms. The molecule has 0 aliphatic carbocycles. The minimum Gasteiger partial charge on any atom is -0.327 e. The number of nitrogens with zero attached hydrogens (tertiary/aromatic N) is 5. The smallest absolute Gasteiger partial charge is 0.327 e. The van der Waals surface area contributed by atoms with Gasteiger partial charge in [0.2, 0.25) is 0 Å². The second-order valence-corrected chi connectivity index (χ2v) is 11.7. The molecule has 8 heteroatoms. The largest absolute Gasteiger partial charge is 0.329 e. The Kier molecular flexibility index (Phi) is 8.72. The zero-order valence-electron chi connectivity index (χ0n) is 24.6. The van der Waals surface area contributed by atoms with E-state index < -0.39 is 0 Å². The highest BCUT2D eigenvalue weighted by atomic mass is 16.2. The van der Waals surface area contributed by atoms with E-state index in [9.17, 15) is 9.59 Å². The number of aryl methyl sites for hydroxylation is 1. The number of para-hydroxylation sites is 2. The normalized spacial score (nSPS) is 17.2. The minimum absolute atomic E-state index is 0.0650. The molecule has 2 fully saturated rings. The molecule has 1 N–H and O–H groups in total. The molecule has 8 nitrogen and oxygen atoms in total. The summed E-state index contributed by atoms with van der Waals surface area (Å²) < 4.78 is 3.96. The molecule has 3 aromatic carbocycles. The van der Waals surface area contributed by atoms with Crippen molar-refractivity contribution in [2.75, 3.05) is 52.9 Å². The number of carbonyl (C=O) groups excluding carboxylic acids is 1. The van der Waals surface area contributed by atoms with Gasteiger partial charge in [0.1, 0.15) is 0 Å². The Morgan fingerprint density at radius 2 is 1.33 bits per heavy atom. The summed E-state index contributed by atoms with van der Waals surface area (Å²) in [5.41, 5.74) is 4.19. The number of rotatable bonds is 8. The van der Waals surface area contributed by atoms with E-state index in [0.29, 0.717) is 13.1 Å². The summed E-state index contributed by atoms with van der Waals surface area (Å²) in [5.74, 6) is 0. The molecule has 2 amide bonds. The van der Waals surface area contributed by atoms with Crippen LogP contribution in [0.4, 0.5) is 4.79 Å². The number of likely N-dealkylation sites (tertiary alicyclic amines) is 1. The summed E-state index contributed by atoms with van der Waals surface area (Å²) in [4.78, 5) is 34.1. The van der Waals surface area contributed by atoms with E-state index in [1.54, 1.807) is 0 Å². The fourth-order valence-electron chi connectivity index (χ4n) is 6.52.